The number of carbonyl (C=O) groups is 1. The van der Waals surface area contributed by atoms with Gasteiger partial charge < -0.3 is 20.7 Å². The largest absolute Gasteiger partial charge is 0.379 e. The normalized spacial score (nSPS) is 14.0. The van der Waals surface area contributed by atoms with Crippen molar-refractivity contribution in [1.29, 1.82) is 0 Å². The summed E-state index contributed by atoms with van der Waals surface area (Å²) < 4.78 is 7.15. The SMILES string of the molecule is Cc1ccc(NC(=O)c2ccnc(C(C)(C)C)c2)cc1Nc1ccnn1-c1cc(NCCN2CCOCC2)ncn1. The summed E-state index contributed by atoms with van der Waals surface area (Å²) in [7, 11) is 0. The molecule has 4 aromatic rings. The molecule has 0 bridgehead atoms. The Bertz CT molecular complexity index is 1490. The fraction of sp³-hybridized carbons (Fsp3) is 0.367. The lowest BCUT2D eigenvalue weighted by Crippen LogP contribution is -2.39. The second kappa shape index (κ2) is 12.4. The summed E-state index contributed by atoms with van der Waals surface area (Å²) in [6.07, 6.45) is 4.92. The highest BCUT2D eigenvalue weighted by atomic mass is 16.5. The Morgan fingerprint density at radius 3 is 2.63 bits per heavy atom. The van der Waals surface area contributed by atoms with E-state index in [0.717, 1.165) is 68.0 Å². The molecule has 4 heterocycles. The van der Waals surface area contributed by atoms with E-state index in [1.165, 1.54) is 6.33 Å². The zero-order valence-electron chi connectivity index (χ0n) is 24.0. The molecule has 0 aliphatic carbocycles. The molecule has 0 saturated carbocycles. The number of anilines is 4. The fourth-order valence-electron chi connectivity index (χ4n) is 4.46. The molecule has 5 rings (SSSR count). The summed E-state index contributed by atoms with van der Waals surface area (Å²) in [6, 6.07) is 13.1. The van der Waals surface area contributed by atoms with Crippen LogP contribution in [0.4, 0.5) is 23.0 Å². The molecule has 0 spiro atoms. The van der Waals surface area contributed by atoms with Crippen LogP contribution in [0.15, 0.2) is 61.2 Å². The van der Waals surface area contributed by atoms with Gasteiger partial charge >= 0.3 is 0 Å². The highest BCUT2D eigenvalue weighted by Gasteiger charge is 2.18. The summed E-state index contributed by atoms with van der Waals surface area (Å²) in [4.78, 5) is 28.6. The number of benzene rings is 1. The van der Waals surface area contributed by atoms with Crippen molar-refractivity contribution in [2.75, 3.05) is 55.3 Å². The maximum Gasteiger partial charge on any atom is 0.255 e. The third-order valence-corrected chi connectivity index (χ3v) is 6.90. The Kier molecular flexibility index (Phi) is 8.55. The standard InChI is InChI=1S/C30H37N9O2/c1-21-5-6-23(36-29(40)22-7-9-31-25(17-22)30(2,3)4)18-24(21)37-27-8-10-35-39(27)28-19-26(33-20-34-28)32-11-12-38-13-15-41-16-14-38/h5-10,17-20,37H,11-16H2,1-4H3,(H,36,40)(H,32,33,34). The number of carbonyl (C=O) groups excluding carboxylic acids is 1. The molecule has 1 amide bonds. The number of aryl methyl sites for hydroxylation is 1. The number of hydrogen-bond acceptors (Lipinski definition) is 9. The summed E-state index contributed by atoms with van der Waals surface area (Å²) in [5.74, 6) is 1.91. The molecule has 1 aliphatic heterocycles. The number of morpholine rings is 1. The van der Waals surface area contributed by atoms with E-state index in [1.54, 1.807) is 23.1 Å². The second-order valence-electron chi connectivity index (χ2n) is 11.1. The van der Waals surface area contributed by atoms with Crippen molar-refractivity contribution < 1.29 is 9.53 Å². The van der Waals surface area contributed by atoms with Crippen LogP contribution < -0.4 is 16.0 Å². The molecular formula is C30H37N9O2. The first-order valence-electron chi connectivity index (χ1n) is 13.8. The molecule has 3 aromatic heterocycles. The van der Waals surface area contributed by atoms with Crippen LogP contribution >= 0.6 is 0 Å². The Morgan fingerprint density at radius 1 is 1.00 bits per heavy atom. The van der Waals surface area contributed by atoms with E-state index in [-0.39, 0.29) is 11.3 Å². The average Bonchev–Trinajstić information content (AvgIpc) is 3.43. The van der Waals surface area contributed by atoms with E-state index in [1.807, 2.05) is 43.3 Å². The van der Waals surface area contributed by atoms with Crippen LogP contribution in [0.3, 0.4) is 0 Å². The van der Waals surface area contributed by atoms with Crippen molar-refractivity contribution in [3.8, 4) is 5.82 Å². The molecule has 1 saturated heterocycles. The highest BCUT2D eigenvalue weighted by Crippen LogP contribution is 2.26. The van der Waals surface area contributed by atoms with Gasteiger partial charge in [-0.05, 0) is 36.8 Å². The number of hydrogen-bond donors (Lipinski definition) is 3. The van der Waals surface area contributed by atoms with E-state index in [4.69, 9.17) is 4.74 Å². The van der Waals surface area contributed by atoms with Gasteiger partial charge in [-0.2, -0.15) is 9.78 Å². The lowest BCUT2D eigenvalue weighted by atomic mass is 9.91. The van der Waals surface area contributed by atoms with Crippen molar-refractivity contribution in [2.24, 2.45) is 0 Å². The fourth-order valence-corrected chi connectivity index (χ4v) is 4.46. The van der Waals surface area contributed by atoms with Gasteiger partial charge in [0, 0.05) is 72.6 Å². The summed E-state index contributed by atoms with van der Waals surface area (Å²) in [5.41, 5.74) is 3.82. The molecule has 41 heavy (non-hydrogen) atoms. The molecule has 1 aliphatic rings. The van der Waals surface area contributed by atoms with Crippen LogP contribution in [0.1, 0.15) is 42.4 Å². The minimum atomic E-state index is -0.188. The van der Waals surface area contributed by atoms with Gasteiger partial charge in [0.15, 0.2) is 5.82 Å². The van der Waals surface area contributed by atoms with Crippen molar-refractivity contribution >= 4 is 28.9 Å². The van der Waals surface area contributed by atoms with Gasteiger partial charge in [0.1, 0.15) is 18.0 Å². The zero-order chi connectivity index (χ0) is 28.8. The predicted molar refractivity (Wildman–Crippen MR) is 160 cm³/mol. The lowest BCUT2D eigenvalue weighted by Gasteiger charge is -2.26. The molecule has 11 nitrogen and oxygen atoms in total. The molecule has 214 valence electrons. The van der Waals surface area contributed by atoms with Crippen molar-refractivity contribution in [2.45, 2.75) is 33.1 Å². The summed E-state index contributed by atoms with van der Waals surface area (Å²) >= 11 is 0. The zero-order valence-corrected chi connectivity index (χ0v) is 24.0. The van der Waals surface area contributed by atoms with Gasteiger partial charge in [-0.3, -0.25) is 14.7 Å². The predicted octanol–water partition coefficient (Wildman–Crippen LogP) is 4.40. The Labute approximate surface area is 240 Å². The van der Waals surface area contributed by atoms with Crippen LogP contribution in [0, 0.1) is 6.92 Å². The van der Waals surface area contributed by atoms with Gasteiger partial charge in [-0.1, -0.05) is 26.8 Å². The molecule has 0 unspecified atom stereocenters. The van der Waals surface area contributed by atoms with Crippen LogP contribution in [0.2, 0.25) is 0 Å². The van der Waals surface area contributed by atoms with Crippen LogP contribution in [-0.4, -0.2) is 74.9 Å². The van der Waals surface area contributed by atoms with Gasteiger partial charge in [-0.25, -0.2) is 9.97 Å². The first-order valence-corrected chi connectivity index (χ1v) is 13.8. The molecule has 0 radical (unpaired) electrons. The topological polar surface area (TPSA) is 122 Å². The molecule has 1 fully saturated rings. The smallest absolute Gasteiger partial charge is 0.255 e. The Balaban J connectivity index is 1.27. The van der Waals surface area contributed by atoms with E-state index in [2.05, 4.69) is 61.7 Å². The number of amides is 1. The molecule has 1 aromatic carbocycles. The average molecular weight is 556 g/mol. The minimum absolute atomic E-state index is 0.149. The number of aromatic nitrogens is 5. The highest BCUT2D eigenvalue weighted by molar-refractivity contribution is 6.04. The first kappa shape index (κ1) is 28.2. The van der Waals surface area contributed by atoms with Gasteiger partial charge in [0.25, 0.3) is 5.91 Å². The second-order valence-corrected chi connectivity index (χ2v) is 11.1. The minimum Gasteiger partial charge on any atom is -0.379 e. The van der Waals surface area contributed by atoms with Crippen LogP contribution in [0.25, 0.3) is 5.82 Å². The lowest BCUT2D eigenvalue weighted by molar-refractivity contribution is 0.0398. The van der Waals surface area contributed by atoms with Gasteiger partial charge in [0.05, 0.1) is 19.4 Å². The van der Waals surface area contributed by atoms with E-state index in [9.17, 15) is 4.79 Å². The number of rotatable bonds is 9. The van der Waals surface area contributed by atoms with Crippen LogP contribution in [0.5, 0.6) is 0 Å². The number of nitrogens with zero attached hydrogens (tertiary/aromatic N) is 6. The monoisotopic (exact) mass is 555 g/mol. The Morgan fingerprint density at radius 2 is 1.83 bits per heavy atom. The quantitative estimate of drug-likeness (QED) is 0.276. The first-order chi connectivity index (χ1) is 19.8. The number of ether oxygens (including phenoxy) is 1. The maximum absolute atomic E-state index is 13.0. The Hall–Kier alpha value is -4.35. The van der Waals surface area contributed by atoms with Crippen molar-refractivity contribution in [3.63, 3.8) is 0 Å². The van der Waals surface area contributed by atoms with Crippen molar-refractivity contribution in [3.05, 3.63) is 78.0 Å². The molecule has 11 heteroatoms. The van der Waals surface area contributed by atoms with Gasteiger partial charge in [-0.15, -0.1) is 0 Å². The summed E-state index contributed by atoms with van der Waals surface area (Å²) in [6.45, 7) is 13.4. The third-order valence-electron chi connectivity index (χ3n) is 6.90. The van der Waals surface area contributed by atoms with E-state index < -0.39 is 0 Å². The van der Waals surface area contributed by atoms with E-state index in [0.29, 0.717) is 17.1 Å². The summed E-state index contributed by atoms with van der Waals surface area (Å²) in [5, 5.41) is 14.3. The third kappa shape index (κ3) is 7.24. The van der Waals surface area contributed by atoms with E-state index >= 15 is 0 Å². The molecule has 3 N–H and O–H groups in total. The number of pyridine rings is 1. The van der Waals surface area contributed by atoms with Gasteiger partial charge in [0.2, 0.25) is 0 Å². The van der Waals surface area contributed by atoms with Crippen LogP contribution in [-0.2, 0) is 10.2 Å². The number of nitrogens with one attached hydrogen (secondary N) is 3. The molecule has 0 atom stereocenters. The molecular weight excluding hydrogens is 518 g/mol. The van der Waals surface area contributed by atoms with Crippen molar-refractivity contribution in [1.82, 2.24) is 29.6 Å². The maximum atomic E-state index is 13.0.